The van der Waals surface area contributed by atoms with Crippen LogP contribution in [0.4, 0.5) is 10.3 Å². The number of carbonyl (C=O) groups excluding carboxylic acids is 1. The normalized spacial score (nSPS) is 9.95. The lowest BCUT2D eigenvalue weighted by molar-refractivity contribution is -0.114. The Bertz CT molecular complexity index is 640. The van der Waals surface area contributed by atoms with Crippen molar-refractivity contribution in [1.82, 2.24) is 9.97 Å². The van der Waals surface area contributed by atoms with E-state index in [-0.39, 0.29) is 12.5 Å². The van der Waals surface area contributed by atoms with Crippen LogP contribution in [0.2, 0.25) is 0 Å². The highest BCUT2D eigenvalue weighted by molar-refractivity contribution is 7.19. The first-order valence-corrected chi connectivity index (χ1v) is 7.11. The van der Waals surface area contributed by atoms with Gasteiger partial charge in [-0.05, 0) is 6.92 Å². The Balaban J connectivity index is 2.21. The van der Waals surface area contributed by atoms with Crippen molar-refractivity contribution in [2.45, 2.75) is 13.8 Å². The van der Waals surface area contributed by atoms with E-state index in [0.29, 0.717) is 10.3 Å². The third-order valence-corrected chi connectivity index (χ3v) is 4.03. The van der Waals surface area contributed by atoms with Gasteiger partial charge in [0.1, 0.15) is 6.54 Å². The van der Waals surface area contributed by atoms with E-state index in [1.807, 2.05) is 18.4 Å². The van der Waals surface area contributed by atoms with Gasteiger partial charge in [-0.1, -0.05) is 11.3 Å². The largest absolute Gasteiger partial charge is 0.348 e. The first-order valence-electron chi connectivity index (χ1n) is 5.42. The molecule has 6 nitrogen and oxygen atoms in total. The minimum absolute atomic E-state index is 0.144. The van der Waals surface area contributed by atoms with Crippen LogP contribution in [0.15, 0.2) is 5.38 Å². The predicted octanol–water partition coefficient (Wildman–Crippen LogP) is 2.47. The summed E-state index contributed by atoms with van der Waals surface area (Å²) in [6.07, 6.45) is 0. The maximum Gasteiger partial charge on any atom is 0.223 e. The number of aromatic nitrogens is 2. The molecule has 0 spiro atoms. The standard InChI is InChI=1S/C11H11N5OS2/c1-6-9(19-11(14-6)15-7(2)17)8-5-18-10(16-8)13-4-3-12/h5H,4H2,1-2H3,(H,13,16)(H,14,15,17). The molecule has 0 aliphatic carbocycles. The molecule has 0 saturated heterocycles. The SMILES string of the molecule is CC(=O)Nc1nc(C)c(-c2csc(NCC#N)n2)s1. The number of nitrogens with zero attached hydrogens (tertiary/aromatic N) is 3. The maximum atomic E-state index is 11.0. The number of anilines is 2. The summed E-state index contributed by atoms with van der Waals surface area (Å²) in [5, 5.41) is 17.2. The zero-order valence-electron chi connectivity index (χ0n) is 10.4. The molecule has 0 aliphatic rings. The van der Waals surface area contributed by atoms with Crippen molar-refractivity contribution in [2.24, 2.45) is 0 Å². The highest BCUT2D eigenvalue weighted by Crippen LogP contribution is 2.34. The van der Waals surface area contributed by atoms with E-state index < -0.39 is 0 Å². The number of hydrogen-bond donors (Lipinski definition) is 2. The molecular formula is C11H11N5OS2. The second-order valence-corrected chi connectivity index (χ2v) is 5.52. The zero-order valence-corrected chi connectivity index (χ0v) is 12.0. The molecule has 98 valence electrons. The van der Waals surface area contributed by atoms with E-state index in [2.05, 4.69) is 20.6 Å². The van der Waals surface area contributed by atoms with Crippen molar-refractivity contribution in [1.29, 1.82) is 5.26 Å². The zero-order chi connectivity index (χ0) is 13.8. The molecule has 2 N–H and O–H groups in total. The molecule has 0 aromatic carbocycles. The van der Waals surface area contributed by atoms with Crippen molar-refractivity contribution in [3.05, 3.63) is 11.1 Å². The van der Waals surface area contributed by atoms with Crippen LogP contribution in [0.3, 0.4) is 0 Å². The molecule has 2 aromatic rings. The molecule has 2 aromatic heterocycles. The Morgan fingerprint density at radius 1 is 1.47 bits per heavy atom. The Hall–Kier alpha value is -1.98. The molecule has 8 heteroatoms. The predicted molar refractivity (Wildman–Crippen MR) is 76.4 cm³/mol. The number of amides is 1. The number of nitrogens with one attached hydrogen (secondary N) is 2. The number of hydrogen-bond acceptors (Lipinski definition) is 7. The lowest BCUT2D eigenvalue weighted by Crippen LogP contribution is -2.04. The van der Waals surface area contributed by atoms with Gasteiger partial charge < -0.3 is 10.6 Å². The average Bonchev–Trinajstić information content (AvgIpc) is 2.92. The monoisotopic (exact) mass is 293 g/mol. The van der Waals surface area contributed by atoms with Crippen molar-refractivity contribution < 1.29 is 4.79 Å². The summed E-state index contributed by atoms with van der Waals surface area (Å²) in [6.45, 7) is 3.55. The number of nitriles is 1. The molecule has 19 heavy (non-hydrogen) atoms. The lowest BCUT2D eigenvalue weighted by Gasteiger charge is -1.93. The van der Waals surface area contributed by atoms with Crippen molar-refractivity contribution in [2.75, 3.05) is 17.2 Å². The van der Waals surface area contributed by atoms with Gasteiger partial charge in [0, 0.05) is 12.3 Å². The Labute approximate surface area is 118 Å². The first kappa shape index (κ1) is 13.5. The number of aryl methyl sites for hydroxylation is 1. The second kappa shape index (κ2) is 5.77. The van der Waals surface area contributed by atoms with Crippen LogP contribution >= 0.6 is 22.7 Å². The van der Waals surface area contributed by atoms with Gasteiger partial charge in [0.2, 0.25) is 5.91 Å². The van der Waals surface area contributed by atoms with Gasteiger partial charge in [0.25, 0.3) is 0 Å². The molecule has 0 bridgehead atoms. The van der Waals surface area contributed by atoms with E-state index >= 15 is 0 Å². The van der Waals surface area contributed by atoms with E-state index in [0.717, 1.165) is 16.3 Å². The third-order valence-electron chi connectivity index (χ3n) is 2.14. The quantitative estimate of drug-likeness (QED) is 0.845. The molecule has 0 fully saturated rings. The number of carbonyl (C=O) groups is 1. The summed E-state index contributed by atoms with van der Waals surface area (Å²) >= 11 is 2.82. The molecule has 2 rings (SSSR count). The summed E-state index contributed by atoms with van der Waals surface area (Å²) < 4.78 is 0. The summed E-state index contributed by atoms with van der Waals surface area (Å²) in [5.41, 5.74) is 1.63. The van der Waals surface area contributed by atoms with Gasteiger partial charge >= 0.3 is 0 Å². The molecular weight excluding hydrogens is 282 g/mol. The van der Waals surface area contributed by atoms with Gasteiger partial charge in [-0.2, -0.15) is 5.26 Å². The average molecular weight is 293 g/mol. The summed E-state index contributed by atoms with van der Waals surface area (Å²) in [4.78, 5) is 20.6. The topological polar surface area (TPSA) is 90.7 Å². The van der Waals surface area contributed by atoms with E-state index in [9.17, 15) is 4.79 Å². The van der Waals surface area contributed by atoms with Gasteiger partial charge in [-0.25, -0.2) is 9.97 Å². The van der Waals surface area contributed by atoms with E-state index in [1.54, 1.807) is 0 Å². The van der Waals surface area contributed by atoms with Crippen LogP contribution < -0.4 is 10.6 Å². The maximum absolute atomic E-state index is 11.0. The Morgan fingerprint density at radius 2 is 2.26 bits per heavy atom. The third kappa shape index (κ3) is 3.27. The molecule has 0 atom stereocenters. The number of rotatable bonds is 4. The molecule has 0 unspecified atom stereocenters. The molecule has 2 heterocycles. The van der Waals surface area contributed by atoms with E-state index in [1.165, 1.54) is 29.6 Å². The number of thiazole rings is 2. The molecule has 0 aliphatic heterocycles. The Morgan fingerprint density at radius 3 is 2.95 bits per heavy atom. The fourth-order valence-corrected chi connectivity index (χ4v) is 3.16. The fraction of sp³-hybridized carbons (Fsp3) is 0.273. The van der Waals surface area contributed by atoms with Crippen molar-refractivity contribution in [3.8, 4) is 16.6 Å². The van der Waals surface area contributed by atoms with Gasteiger partial charge in [0.15, 0.2) is 10.3 Å². The molecule has 0 radical (unpaired) electrons. The van der Waals surface area contributed by atoms with Crippen LogP contribution in [-0.4, -0.2) is 22.4 Å². The fourth-order valence-electron chi connectivity index (χ4n) is 1.41. The van der Waals surface area contributed by atoms with Crippen LogP contribution in [0.25, 0.3) is 10.6 Å². The summed E-state index contributed by atoms with van der Waals surface area (Å²) in [5.74, 6) is -0.144. The lowest BCUT2D eigenvalue weighted by atomic mass is 10.3. The van der Waals surface area contributed by atoms with Gasteiger partial charge in [-0.15, -0.1) is 11.3 Å². The Kier molecular flexibility index (Phi) is 4.09. The van der Waals surface area contributed by atoms with Crippen LogP contribution in [-0.2, 0) is 4.79 Å². The minimum atomic E-state index is -0.144. The van der Waals surface area contributed by atoms with Gasteiger partial charge in [0.05, 0.1) is 22.3 Å². The molecule has 0 saturated carbocycles. The van der Waals surface area contributed by atoms with E-state index in [4.69, 9.17) is 5.26 Å². The van der Waals surface area contributed by atoms with Crippen LogP contribution in [0, 0.1) is 18.3 Å². The van der Waals surface area contributed by atoms with Crippen molar-refractivity contribution in [3.63, 3.8) is 0 Å². The van der Waals surface area contributed by atoms with Crippen molar-refractivity contribution >= 4 is 38.8 Å². The smallest absolute Gasteiger partial charge is 0.223 e. The highest BCUT2D eigenvalue weighted by atomic mass is 32.1. The van der Waals surface area contributed by atoms with Crippen LogP contribution in [0.1, 0.15) is 12.6 Å². The van der Waals surface area contributed by atoms with Gasteiger partial charge in [-0.3, -0.25) is 4.79 Å². The summed E-state index contributed by atoms with van der Waals surface area (Å²) in [7, 11) is 0. The first-order chi connectivity index (χ1) is 9.10. The summed E-state index contributed by atoms with van der Waals surface area (Å²) in [6, 6.07) is 2.00. The van der Waals surface area contributed by atoms with Crippen LogP contribution in [0.5, 0.6) is 0 Å². The highest BCUT2D eigenvalue weighted by Gasteiger charge is 2.13. The molecule has 1 amide bonds. The minimum Gasteiger partial charge on any atom is -0.348 e. The second-order valence-electron chi connectivity index (χ2n) is 3.66.